The summed E-state index contributed by atoms with van der Waals surface area (Å²) in [4.78, 5) is 2.42. The number of hydrogen-bond donors (Lipinski definition) is 0. The molecule has 0 unspecified atom stereocenters. The van der Waals surface area contributed by atoms with Gasteiger partial charge in [-0.25, -0.2) is 0 Å². The predicted molar refractivity (Wildman–Crippen MR) is 219 cm³/mol. The Labute approximate surface area is 303 Å². The van der Waals surface area contributed by atoms with Gasteiger partial charge in [-0.15, -0.1) is 0 Å². The quantitative estimate of drug-likeness (QED) is 0.186. The molecule has 11 rings (SSSR count). The lowest BCUT2D eigenvalue weighted by atomic mass is 9.79. The molecule has 2 heteroatoms. The maximum atomic E-state index is 7.27. The number of furan rings is 1. The molecule has 0 fully saturated rings. The molecule has 0 aliphatic heterocycles. The van der Waals surface area contributed by atoms with Crippen molar-refractivity contribution in [3.8, 4) is 22.3 Å². The molecule has 248 valence electrons. The van der Waals surface area contributed by atoms with Gasteiger partial charge in [0.1, 0.15) is 5.58 Å². The van der Waals surface area contributed by atoms with Crippen LogP contribution in [-0.2, 0) is 10.8 Å². The molecule has 52 heavy (non-hydrogen) atoms. The minimum Gasteiger partial charge on any atom is -0.453 e. The summed E-state index contributed by atoms with van der Waals surface area (Å²) in [5.41, 5.74) is 15.5. The van der Waals surface area contributed by atoms with Crippen LogP contribution in [0.25, 0.3) is 65.7 Å². The number of fused-ring (bicyclic) bond motifs is 14. The molecule has 8 aromatic carbocycles. The van der Waals surface area contributed by atoms with Gasteiger partial charge in [0, 0.05) is 38.4 Å². The summed E-state index contributed by atoms with van der Waals surface area (Å²) < 4.78 is 7.27. The van der Waals surface area contributed by atoms with Crippen LogP contribution < -0.4 is 4.90 Å². The highest BCUT2D eigenvalue weighted by atomic mass is 16.3. The van der Waals surface area contributed by atoms with Crippen molar-refractivity contribution in [2.75, 3.05) is 4.90 Å². The number of rotatable bonds is 3. The number of hydrogen-bond acceptors (Lipinski definition) is 2. The van der Waals surface area contributed by atoms with Crippen LogP contribution in [-0.4, -0.2) is 0 Å². The summed E-state index contributed by atoms with van der Waals surface area (Å²) in [7, 11) is 0. The van der Waals surface area contributed by atoms with Crippen molar-refractivity contribution in [1.82, 2.24) is 0 Å². The van der Waals surface area contributed by atoms with Gasteiger partial charge in [0.05, 0.1) is 5.69 Å². The fraction of sp³-hybridized carbons (Fsp3) is 0.120. The average Bonchev–Trinajstić information content (AvgIpc) is 3.76. The zero-order valence-electron chi connectivity index (χ0n) is 29.8. The molecule has 2 aliphatic rings. The third-order valence-corrected chi connectivity index (χ3v) is 12.2. The molecular formula is C50H37NO. The van der Waals surface area contributed by atoms with Crippen LogP contribution in [0, 0.1) is 0 Å². The minimum atomic E-state index is -0.195. The van der Waals surface area contributed by atoms with E-state index in [1.807, 2.05) is 0 Å². The van der Waals surface area contributed by atoms with E-state index < -0.39 is 0 Å². The standard InChI is InChI=1S/C50H37NO/c1-49(2)40-21-11-9-16-34(40)35-27-26-33(29-42(35)49)51(32-25-24-30-14-5-6-15-31(30)28-32)43-23-13-20-39-45-46-44(38-19-10-12-22-41(38)50(46,3)4)36-17-7-8-18-37(36)48(45)52-47(39)43/h5-29H,1-4H3. The van der Waals surface area contributed by atoms with Crippen LogP contribution in [0.1, 0.15) is 49.9 Å². The molecule has 0 atom stereocenters. The van der Waals surface area contributed by atoms with E-state index in [0.29, 0.717) is 0 Å². The SMILES string of the molecule is CC1(C)c2ccccc2-c2ccc(N(c3ccc4ccccc4c3)c3cccc4c3oc3c5ccccc5c5c(c43)C(C)(C)c3ccccc3-5)cc21. The van der Waals surface area contributed by atoms with Crippen LogP contribution in [0.4, 0.5) is 17.1 Å². The lowest BCUT2D eigenvalue weighted by molar-refractivity contribution is 0.659. The first-order chi connectivity index (χ1) is 25.3. The van der Waals surface area contributed by atoms with E-state index in [1.54, 1.807) is 0 Å². The Morgan fingerprint density at radius 1 is 0.442 bits per heavy atom. The summed E-state index contributed by atoms with van der Waals surface area (Å²) in [6, 6.07) is 55.8. The van der Waals surface area contributed by atoms with Crippen molar-refractivity contribution in [2.24, 2.45) is 0 Å². The van der Waals surface area contributed by atoms with E-state index in [1.165, 1.54) is 66.1 Å². The van der Waals surface area contributed by atoms with Crippen molar-refractivity contribution < 1.29 is 4.42 Å². The van der Waals surface area contributed by atoms with Crippen molar-refractivity contribution in [3.63, 3.8) is 0 Å². The Bertz CT molecular complexity index is 2980. The Morgan fingerprint density at radius 3 is 1.88 bits per heavy atom. The number of nitrogens with zero attached hydrogens (tertiary/aromatic N) is 1. The summed E-state index contributed by atoms with van der Waals surface area (Å²) in [5.74, 6) is 0. The summed E-state index contributed by atoms with van der Waals surface area (Å²) in [6.07, 6.45) is 0. The molecular weight excluding hydrogens is 631 g/mol. The largest absolute Gasteiger partial charge is 0.453 e. The second-order valence-corrected chi connectivity index (χ2v) is 15.7. The number of anilines is 3. The van der Waals surface area contributed by atoms with E-state index in [2.05, 4.69) is 184 Å². The Kier molecular flexibility index (Phi) is 5.83. The fourth-order valence-electron chi connectivity index (χ4n) is 9.74. The zero-order valence-corrected chi connectivity index (χ0v) is 29.8. The van der Waals surface area contributed by atoms with Gasteiger partial charge < -0.3 is 9.32 Å². The molecule has 0 bridgehead atoms. The monoisotopic (exact) mass is 667 g/mol. The zero-order chi connectivity index (χ0) is 34.9. The van der Waals surface area contributed by atoms with E-state index >= 15 is 0 Å². The predicted octanol–water partition coefficient (Wildman–Crippen LogP) is 14.0. The lowest BCUT2D eigenvalue weighted by Gasteiger charge is -2.28. The Hall–Kier alpha value is -6.12. The van der Waals surface area contributed by atoms with E-state index in [9.17, 15) is 0 Å². The van der Waals surface area contributed by atoms with Crippen molar-refractivity contribution in [2.45, 2.75) is 38.5 Å². The molecule has 2 aliphatic carbocycles. The summed E-state index contributed by atoms with van der Waals surface area (Å²) in [6.45, 7) is 9.46. The average molecular weight is 668 g/mol. The molecule has 9 aromatic rings. The highest BCUT2D eigenvalue weighted by Gasteiger charge is 2.40. The summed E-state index contributed by atoms with van der Waals surface area (Å²) in [5, 5.41) is 7.20. The van der Waals surface area contributed by atoms with Gasteiger partial charge in [-0.1, -0.05) is 149 Å². The van der Waals surface area contributed by atoms with Gasteiger partial charge in [-0.3, -0.25) is 0 Å². The van der Waals surface area contributed by atoms with E-state index in [-0.39, 0.29) is 10.8 Å². The van der Waals surface area contributed by atoms with Gasteiger partial charge in [-0.2, -0.15) is 0 Å². The first kappa shape index (κ1) is 29.6. The second kappa shape index (κ2) is 10.2. The second-order valence-electron chi connectivity index (χ2n) is 15.7. The van der Waals surface area contributed by atoms with Gasteiger partial charge in [0.15, 0.2) is 5.58 Å². The van der Waals surface area contributed by atoms with Crippen molar-refractivity contribution >= 4 is 60.5 Å². The van der Waals surface area contributed by atoms with Crippen molar-refractivity contribution in [3.05, 3.63) is 174 Å². The van der Waals surface area contributed by atoms with Crippen LogP contribution in [0.3, 0.4) is 0 Å². The first-order valence-electron chi connectivity index (χ1n) is 18.4. The molecule has 0 spiro atoms. The van der Waals surface area contributed by atoms with Gasteiger partial charge in [-0.05, 0) is 91.0 Å². The lowest BCUT2D eigenvalue weighted by Crippen LogP contribution is -2.16. The highest BCUT2D eigenvalue weighted by Crippen LogP contribution is 2.57. The normalized spacial score (nSPS) is 14.8. The Balaban J connectivity index is 1.23. The van der Waals surface area contributed by atoms with Crippen molar-refractivity contribution in [1.29, 1.82) is 0 Å². The van der Waals surface area contributed by atoms with E-state index in [4.69, 9.17) is 4.42 Å². The molecule has 0 radical (unpaired) electrons. The van der Waals surface area contributed by atoms with Crippen LogP contribution in [0.2, 0.25) is 0 Å². The third-order valence-electron chi connectivity index (χ3n) is 12.2. The van der Waals surface area contributed by atoms with Crippen LogP contribution in [0.15, 0.2) is 156 Å². The van der Waals surface area contributed by atoms with E-state index in [0.717, 1.165) is 39.0 Å². The molecule has 2 nitrogen and oxygen atoms in total. The van der Waals surface area contributed by atoms with Crippen LogP contribution in [0.5, 0.6) is 0 Å². The first-order valence-corrected chi connectivity index (χ1v) is 18.4. The molecule has 1 aromatic heterocycles. The fourth-order valence-corrected chi connectivity index (χ4v) is 9.74. The maximum Gasteiger partial charge on any atom is 0.159 e. The molecule has 0 N–H and O–H groups in total. The highest BCUT2D eigenvalue weighted by molar-refractivity contribution is 6.24. The molecule has 0 saturated heterocycles. The Morgan fingerprint density at radius 2 is 1.06 bits per heavy atom. The number of para-hydroxylation sites is 1. The van der Waals surface area contributed by atoms with Gasteiger partial charge >= 0.3 is 0 Å². The smallest absolute Gasteiger partial charge is 0.159 e. The van der Waals surface area contributed by atoms with Gasteiger partial charge in [0.2, 0.25) is 0 Å². The van der Waals surface area contributed by atoms with Gasteiger partial charge in [0.25, 0.3) is 0 Å². The molecule has 0 amide bonds. The van der Waals surface area contributed by atoms with Crippen LogP contribution >= 0.6 is 0 Å². The number of benzene rings is 8. The maximum absolute atomic E-state index is 7.27. The molecule has 0 saturated carbocycles. The third kappa shape index (κ3) is 3.79. The topological polar surface area (TPSA) is 16.4 Å². The minimum absolute atomic E-state index is 0.123. The molecule has 1 heterocycles. The summed E-state index contributed by atoms with van der Waals surface area (Å²) >= 11 is 0.